The molecule has 0 radical (unpaired) electrons. The van der Waals surface area contributed by atoms with Crippen molar-refractivity contribution in [3.8, 4) is 17.2 Å². The number of methoxy groups -OCH3 is 3. The number of amides is 1. The molecule has 0 bridgehead atoms. The van der Waals surface area contributed by atoms with Gasteiger partial charge in [0.05, 0.1) is 21.3 Å². The maximum absolute atomic E-state index is 12.5. The minimum absolute atomic E-state index is 0.153. The van der Waals surface area contributed by atoms with E-state index in [4.69, 9.17) is 18.9 Å². The maximum atomic E-state index is 12.5. The minimum Gasteiger partial charge on any atom is -0.493 e. The van der Waals surface area contributed by atoms with Crippen LogP contribution in [0.25, 0.3) is 0 Å². The fraction of sp³-hybridized carbons (Fsp3) is 0.579. The van der Waals surface area contributed by atoms with Gasteiger partial charge in [-0.1, -0.05) is 0 Å². The molecule has 0 aromatic heterocycles. The van der Waals surface area contributed by atoms with Crippen molar-refractivity contribution in [2.45, 2.75) is 45.2 Å². The topological polar surface area (TPSA) is 74.3 Å². The van der Waals surface area contributed by atoms with Gasteiger partial charge in [-0.2, -0.15) is 0 Å². The number of esters is 1. The van der Waals surface area contributed by atoms with Gasteiger partial charge in [0.1, 0.15) is 5.56 Å². The smallest absolute Gasteiger partial charge is 0.342 e. The van der Waals surface area contributed by atoms with Crippen molar-refractivity contribution in [1.82, 2.24) is 4.90 Å². The molecule has 1 aliphatic heterocycles. The molecule has 1 aliphatic rings. The number of hydrogen-bond acceptors (Lipinski definition) is 6. The van der Waals surface area contributed by atoms with Gasteiger partial charge in [-0.3, -0.25) is 4.79 Å². The zero-order valence-corrected chi connectivity index (χ0v) is 16.0. The predicted octanol–water partition coefficient (Wildman–Crippen LogP) is 2.66. The number of nitrogens with zero attached hydrogens (tertiary/aromatic N) is 1. The van der Waals surface area contributed by atoms with Gasteiger partial charge in [-0.05, 0) is 45.2 Å². The Balaban J connectivity index is 2.11. The molecule has 0 saturated carbocycles. The Morgan fingerprint density at radius 2 is 1.62 bits per heavy atom. The highest BCUT2D eigenvalue weighted by molar-refractivity contribution is 5.95. The molecule has 7 heteroatoms. The Hall–Kier alpha value is -2.44. The van der Waals surface area contributed by atoms with Gasteiger partial charge in [-0.25, -0.2) is 4.79 Å². The summed E-state index contributed by atoms with van der Waals surface area (Å²) in [5.41, 5.74) is 0.178. The first-order chi connectivity index (χ1) is 12.4. The van der Waals surface area contributed by atoms with Gasteiger partial charge in [0.2, 0.25) is 5.75 Å². The summed E-state index contributed by atoms with van der Waals surface area (Å²) in [6.07, 6.45) is 3.04. The molecule has 26 heavy (non-hydrogen) atoms. The van der Waals surface area contributed by atoms with Crippen LogP contribution in [0.3, 0.4) is 0 Å². The quantitative estimate of drug-likeness (QED) is 0.722. The van der Waals surface area contributed by atoms with E-state index in [-0.39, 0.29) is 35.9 Å². The van der Waals surface area contributed by atoms with Gasteiger partial charge in [-0.15, -0.1) is 0 Å². The largest absolute Gasteiger partial charge is 0.493 e. The van der Waals surface area contributed by atoms with Crippen molar-refractivity contribution in [2.75, 3.05) is 27.9 Å². The first-order valence-corrected chi connectivity index (χ1v) is 8.71. The summed E-state index contributed by atoms with van der Waals surface area (Å²) in [7, 11) is 4.38. The van der Waals surface area contributed by atoms with Gasteiger partial charge in [0.25, 0.3) is 5.91 Å². The monoisotopic (exact) mass is 365 g/mol. The van der Waals surface area contributed by atoms with Gasteiger partial charge in [0, 0.05) is 12.1 Å². The SMILES string of the molecule is COc1ccc(C(=O)OCC(=O)N2[C@H](C)CCC[C@@H]2C)c(OC)c1OC. The van der Waals surface area contributed by atoms with Crippen LogP contribution in [0.15, 0.2) is 12.1 Å². The second kappa shape index (κ2) is 8.78. The fourth-order valence-corrected chi connectivity index (χ4v) is 3.45. The fourth-order valence-electron chi connectivity index (χ4n) is 3.45. The van der Waals surface area contributed by atoms with E-state index in [2.05, 4.69) is 0 Å². The molecule has 1 fully saturated rings. The average Bonchev–Trinajstić information content (AvgIpc) is 2.64. The lowest BCUT2D eigenvalue weighted by Gasteiger charge is -2.38. The molecular weight excluding hydrogens is 338 g/mol. The van der Waals surface area contributed by atoms with E-state index in [1.165, 1.54) is 27.4 Å². The highest BCUT2D eigenvalue weighted by atomic mass is 16.5. The molecule has 7 nitrogen and oxygen atoms in total. The molecule has 2 atom stereocenters. The van der Waals surface area contributed by atoms with Crippen molar-refractivity contribution in [2.24, 2.45) is 0 Å². The Morgan fingerprint density at radius 1 is 1.00 bits per heavy atom. The molecule has 1 saturated heterocycles. The molecule has 1 aromatic carbocycles. The van der Waals surface area contributed by atoms with Crippen LogP contribution in [-0.4, -0.2) is 56.8 Å². The first kappa shape index (κ1) is 19.9. The van der Waals surface area contributed by atoms with Crippen LogP contribution >= 0.6 is 0 Å². The molecular formula is C19H27NO6. The highest BCUT2D eigenvalue weighted by Crippen LogP contribution is 2.40. The van der Waals surface area contributed by atoms with Crippen molar-refractivity contribution < 1.29 is 28.5 Å². The molecule has 144 valence electrons. The third-order valence-electron chi connectivity index (χ3n) is 4.73. The number of carbonyl (C=O) groups excluding carboxylic acids is 2. The van der Waals surface area contributed by atoms with E-state index in [0.717, 1.165) is 19.3 Å². The van der Waals surface area contributed by atoms with Crippen LogP contribution in [0.2, 0.25) is 0 Å². The third kappa shape index (κ3) is 4.03. The molecule has 0 N–H and O–H groups in total. The third-order valence-corrected chi connectivity index (χ3v) is 4.73. The standard InChI is InChI=1S/C19H27NO6/c1-12-7-6-8-13(2)20(12)16(21)11-26-19(22)14-9-10-15(23-3)18(25-5)17(14)24-4/h9-10,12-13H,6-8,11H2,1-5H3/t12-,13+. The molecule has 1 heterocycles. The van der Waals surface area contributed by atoms with E-state index in [1.54, 1.807) is 6.07 Å². The normalized spacial score (nSPS) is 19.7. The highest BCUT2D eigenvalue weighted by Gasteiger charge is 2.30. The van der Waals surface area contributed by atoms with Crippen LogP contribution in [0.1, 0.15) is 43.5 Å². The minimum atomic E-state index is -0.645. The van der Waals surface area contributed by atoms with Crippen LogP contribution < -0.4 is 14.2 Å². The summed E-state index contributed by atoms with van der Waals surface area (Å²) in [6.45, 7) is 3.74. The van der Waals surface area contributed by atoms with E-state index in [0.29, 0.717) is 11.5 Å². The van der Waals surface area contributed by atoms with E-state index < -0.39 is 5.97 Å². The van der Waals surface area contributed by atoms with Crippen molar-refractivity contribution in [1.29, 1.82) is 0 Å². The number of piperidine rings is 1. The lowest BCUT2D eigenvalue weighted by Crippen LogP contribution is -2.49. The zero-order valence-electron chi connectivity index (χ0n) is 16.0. The molecule has 0 aliphatic carbocycles. The van der Waals surface area contributed by atoms with E-state index in [1.807, 2.05) is 18.7 Å². The van der Waals surface area contributed by atoms with Gasteiger partial charge >= 0.3 is 5.97 Å². The summed E-state index contributed by atoms with van der Waals surface area (Å²) in [6, 6.07) is 3.43. The summed E-state index contributed by atoms with van der Waals surface area (Å²) in [5, 5.41) is 0. The van der Waals surface area contributed by atoms with Crippen molar-refractivity contribution in [3.63, 3.8) is 0 Å². The Kier molecular flexibility index (Phi) is 6.71. The molecule has 0 unspecified atom stereocenters. The maximum Gasteiger partial charge on any atom is 0.342 e. The van der Waals surface area contributed by atoms with E-state index >= 15 is 0 Å². The number of hydrogen-bond donors (Lipinski definition) is 0. The van der Waals surface area contributed by atoms with Crippen LogP contribution in [0.4, 0.5) is 0 Å². The number of rotatable bonds is 6. The number of ether oxygens (including phenoxy) is 4. The van der Waals surface area contributed by atoms with Gasteiger partial charge in [0.15, 0.2) is 18.1 Å². The Bertz CT molecular complexity index is 650. The van der Waals surface area contributed by atoms with Crippen molar-refractivity contribution >= 4 is 11.9 Å². The Morgan fingerprint density at radius 3 is 2.15 bits per heavy atom. The van der Waals surface area contributed by atoms with Crippen molar-refractivity contribution in [3.05, 3.63) is 17.7 Å². The molecule has 1 aromatic rings. The zero-order chi connectivity index (χ0) is 19.3. The average molecular weight is 365 g/mol. The van der Waals surface area contributed by atoms with E-state index in [9.17, 15) is 9.59 Å². The molecule has 1 amide bonds. The summed E-state index contributed by atoms with van der Waals surface area (Å²) >= 11 is 0. The first-order valence-electron chi connectivity index (χ1n) is 8.71. The number of likely N-dealkylation sites (tertiary alicyclic amines) is 1. The molecule has 0 spiro atoms. The van der Waals surface area contributed by atoms with Crippen LogP contribution in [-0.2, 0) is 9.53 Å². The second-order valence-electron chi connectivity index (χ2n) is 6.39. The number of carbonyl (C=O) groups is 2. The predicted molar refractivity (Wildman–Crippen MR) is 96.0 cm³/mol. The summed E-state index contributed by atoms with van der Waals surface area (Å²) < 4.78 is 21.0. The van der Waals surface area contributed by atoms with Crippen LogP contribution in [0.5, 0.6) is 17.2 Å². The van der Waals surface area contributed by atoms with Crippen LogP contribution in [0, 0.1) is 0 Å². The summed E-state index contributed by atoms with van der Waals surface area (Å²) in [4.78, 5) is 26.8. The molecule has 2 rings (SSSR count). The Labute approximate surface area is 154 Å². The summed E-state index contributed by atoms with van der Waals surface area (Å²) in [5.74, 6) is 0.122. The number of benzene rings is 1. The lowest BCUT2D eigenvalue weighted by molar-refractivity contribution is -0.140. The van der Waals surface area contributed by atoms with Gasteiger partial charge < -0.3 is 23.8 Å². The lowest BCUT2D eigenvalue weighted by atomic mass is 9.97. The second-order valence-corrected chi connectivity index (χ2v) is 6.39.